The summed E-state index contributed by atoms with van der Waals surface area (Å²) in [6.07, 6.45) is 0. The minimum Gasteiger partial charge on any atom is -0.465 e. The van der Waals surface area contributed by atoms with E-state index in [1.54, 1.807) is 6.07 Å². The quantitative estimate of drug-likeness (QED) is 0.754. The fourth-order valence-electron chi connectivity index (χ4n) is 1.74. The molecule has 0 aromatic heterocycles. The molecule has 0 spiro atoms. The fraction of sp³-hybridized carbons (Fsp3) is 0.500. The molecule has 0 radical (unpaired) electrons. The fourth-order valence-corrected chi connectivity index (χ4v) is 1.74. The maximum Gasteiger partial charge on any atom is 0.338 e. The minimum atomic E-state index is -0.336. The molecule has 2 N–H and O–H groups in total. The topological polar surface area (TPSA) is 58.6 Å². The van der Waals surface area contributed by atoms with E-state index < -0.39 is 0 Å². The molecule has 1 aromatic carbocycles. The molecule has 0 fully saturated rings. The van der Waals surface area contributed by atoms with Gasteiger partial charge in [0, 0.05) is 12.6 Å². The van der Waals surface area contributed by atoms with Gasteiger partial charge in [-0.05, 0) is 17.5 Å². The van der Waals surface area contributed by atoms with Crippen molar-refractivity contribution in [1.82, 2.24) is 5.32 Å². The normalized spacial score (nSPS) is 12.5. The Bertz CT molecular complexity index is 390. The molecule has 0 aliphatic carbocycles. The summed E-state index contributed by atoms with van der Waals surface area (Å²) in [6.45, 7) is 4.70. The molecule has 1 aromatic rings. The highest BCUT2D eigenvalue weighted by Crippen LogP contribution is 2.11. The molecule has 0 unspecified atom stereocenters. The second-order valence-electron chi connectivity index (χ2n) is 4.56. The number of rotatable bonds is 6. The summed E-state index contributed by atoms with van der Waals surface area (Å²) in [4.78, 5) is 11.6. The van der Waals surface area contributed by atoms with Crippen LogP contribution >= 0.6 is 0 Å². The summed E-state index contributed by atoms with van der Waals surface area (Å²) in [7, 11) is 1.37. The lowest BCUT2D eigenvalue weighted by Crippen LogP contribution is -2.36. The van der Waals surface area contributed by atoms with E-state index in [0.29, 0.717) is 18.0 Å². The highest BCUT2D eigenvalue weighted by Gasteiger charge is 2.14. The molecular weight excluding hydrogens is 230 g/mol. The Morgan fingerprint density at radius 2 is 2.06 bits per heavy atom. The Kier molecular flexibility index (Phi) is 5.82. The summed E-state index contributed by atoms with van der Waals surface area (Å²) in [5.74, 6) is -0.00205. The molecule has 4 nitrogen and oxygen atoms in total. The number of hydrogen-bond donors (Lipinski definition) is 2. The van der Waals surface area contributed by atoms with E-state index in [4.69, 9.17) is 4.74 Å². The number of hydrogen-bond acceptors (Lipinski definition) is 4. The van der Waals surface area contributed by atoms with Crippen LogP contribution in [-0.2, 0) is 11.3 Å². The highest BCUT2D eigenvalue weighted by molar-refractivity contribution is 5.90. The van der Waals surface area contributed by atoms with Gasteiger partial charge in [-0.25, -0.2) is 4.79 Å². The van der Waals surface area contributed by atoms with Gasteiger partial charge < -0.3 is 15.2 Å². The number of aliphatic hydroxyl groups is 1. The minimum absolute atomic E-state index is 0.0238. The molecule has 0 heterocycles. The second kappa shape index (κ2) is 7.13. The van der Waals surface area contributed by atoms with Crippen molar-refractivity contribution in [3.63, 3.8) is 0 Å². The Labute approximate surface area is 108 Å². The summed E-state index contributed by atoms with van der Waals surface area (Å²) in [5, 5.41) is 12.5. The van der Waals surface area contributed by atoms with Gasteiger partial charge in [0.15, 0.2) is 0 Å². The zero-order valence-electron chi connectivity index (χ0n) is 11.1. The van der Waals surface area contributed by atoms with E-state index in [9.17, 15) is 9.90 Å². The molecule has 0 amide bonds. The van der Waals surface area contributed by atoms with E-state index in [1.807, 2.05) is 32.0 Å². The molecule has 18 heavy (non-hydrogen) atoms. The van der Waals surface area contributed by atoms with Gasteiger partial charge in [-0.1, -0.05) is 32.0 Å². The van der Waals surface area contributed by atoms with E-state index in [1.165, 1.54) is 7.11 Å². The summed E-state index contributed by atoms with van der Waals surface area (Å²) >= 11 is 0. The number of aliphatic hydroxyl groups excluding tert-OH is 1. The largest absolute Gasteiger partial charge is 0.465 e. The number of carbonyl (C=O) groups is 1. The van der Waals surface area contributed by atoms with Crippen LogP contribution in [0, 0.1) is 5.92 Å². The average Bonchev–Trinajstić information content (AvgIpc) is 2.38. The summed E-state index contributed by atoms with van der Waals surface area (Å²) < 4.78 is 4.74. The maximum atomic E-state index is 11.6. The first-order chi connectivity index (χ1) is 8.60. The molecule has 4 heteroatoms. The Hall–Kier alpha value is -1.39. The maximum absolute atomic E-state index is 11.6. The number of nitrogens with one attached hydrogen (secondary N) is 1. The van der Waals surface area contributed by atoms with Crippen molar-refractivity contribution in [3.05, 3.63) is 35.4 Å². The first-order valence-electron chi connectivity index (χ1n) is 6.10. The number of methoxy groups -OCH3 is 1. The van der Waals surface area contributed by atoms with Crippen LogP contribution < -0.4 is 5.32 Å². The zero-order valence-corrected chi connectivity index (χ0v) is 11.1. The van der Waals surface area contributed by atoms with E-state index in [2.05, 4.69) is 5.32 Å². The van der Waals surface area contributed by atoms with Crippen molar-refractivity contribution in [3.8, 4) is 0 Å². The van der Waals surface area contributed by atoms with E-state index in [-0.39, 0.29) is 18.6 Å². The monoisotopic (exact) mass is 251 g/mol. The molecule has 1 rings (SSSR count). The lowest BCUT2D eigenvalue weighted by Gasteiger charge is -2.20. The smallest absolute Gasteiger partial charge is 0.338 e. The van der Waals surface area contributed by atoms with Crippen molar-refractivity contribution in [1.29, 1.82) is 0 Å². The molecule has 0 bridgehead atoms. The first-order valence-corrected chi connectivity index (χ1v) is 6.10. The van der Waals surface area contributed by atoms with Crippen molar-refractivity contribution < 1.29 is 14.6 Å². The molecule has 0 saturated carbocycles. The second-order valence-corrected chi connectivity index (χ2v) is 4.56. The SMILES string of the molecule is COC(=O)c1ccccc1CN[C@H](CO)C(C)C. The van der Waals surface area contributed by atoms with E-state index in [0.717, 1.165) is 5.56 Å². The van der Waals surface area contributed by atoms with Gasteiger partial charge in [-0.2, -0.15) is 0 Å². The van der Waals surface area contributed by atoms with Crippen LogP contribution in [0.1, 0.15) is 29.8 Å². The predicted octanol–water partition coefficient (Wildman–Crippen LogP) is 1.58. The van der Waals surface area contributed by atoms with Crippen molar-refractivity contribution >= 4 is 5.97 Å². The molecule has 1 atom stereocenters. The Balaban J connectivity index is 2.75. The third-order valence-corrected chi connectivity index (χ3v) is 2.98. The third-order valence-electron chi connectivity index (χ3n) is 2.98. The van der Waals surface area contributed by atoms with Crippen LogP contribution in [-0.4, -0.2) is 30.8 Å². The van der Waals surface area contributed by atoms with Crippen LogP contribution in [0.5, 0.6) is 0 Å². The van der Waals surface area contributed by atoms with Gasteiger partial charge in [0.05, 0.1) is 19.3 Å². The van der Waals surface area contributed by atoms with Gasteiger partial charge >= 0.3 is 5.97 Å². The molecule has 0 aliphatic rings. The Morgan fingerprint density at radius 1 is 1.39 bits per heavy atom. The van der Waals surface area contributed by atoms with Gasteiger partial charge in [-0.3, -0.25) is 0 Å². The standard InChI is InChI=1S/C14H21NO3/c1-10(2)13(9-16)15-8-11-6-4-5-7-12(11)14(17)18-3/h4-7,10,13,15-16H,8-9H2,1-3H3/t13-/m1/s1. The lowest BCUT2D eigenvalue weighted by atomic mass is 10.0. The van der Waals surface area contributed by atoms with Gasteiger partial charge in [-0.15, -0.1) is 0 Å². The van der Waals surface area contributed by atoms with Gasteiger partial charge in [0.2, 0.25) is 0 Å². The van der Waals surface area contributed by atoms with Crippen molar-refractivity contribution in [2.45, 2.75) is 26.4 Å². The van der Waals surface area contributed by atoms with Gasteiger partial charge in [0.25, 0.3) is 0 Å². The lowest BCUT2D eigenvalue weighted by molar-refractivity contribution is 0.0599. The van der Waals surface area contributed by atoms with E-state index >= 15 is 0 Å². The molecular formula is C14H21NO3. The van der Waals surface area contributed by atoms with Crippen LogP contribution in [0.4, 0.5) is 0 Å². The molecule has 100 valence electrons. The van der Waals surface area contributed by atoms with Crippen LogP contribution in [0.15, 0.2) is 24.3 Å². The molecule has 0 saturated heterocycles. The zero-order chi connectivity index (χ0) is 13.5. The summed E-state index contributed by atoms with van der Waals surface area (Å²) in [5.41, 5.74) is 1.44. The number of esters is 1. The first kappa shape index (κ1) is 14.7. The van der Waals surface area contributed by atoms with Crippen LogP contribution in [0.3, 0.4) is 0 Å². The third kappa shape index (κ3) is 3.82. The number of ether oxygens (including phenoxy) is 1. The van der Waals surface area contributed by atoms with Gasteiger partial charge in [0.1, 0.15) is 0 Å². The number of benzene rings is 1. The molecule has 0 aliphatic heterocycles. The Morgan fingerprint density at radius 3 is 2.61 bits per heavy atom. The summed E-state index contributed by atoms with van der Waals surface area (Å²) in [6, 6.07) is 7.34. The predicted molar refractivity (Wildman–Crippen MR) is 70.3 cm³/mol. The highest BCUT2D eigenvalue weighted by atomic mass is 16.5. The van der Waals surface area contributed by atoms with Crippen LogP contribution in [0.25, 0.3) is 0 Å². The van der Waals surface area contributed by atoms with Crippen LogP contribution in [0.2, 0.25) is 0 Å². The average molecular weight is 251 g/mol. The van der Waals surface area contributed by atoms with Crippen molar-refractivity contribution in [2.75, 3.05) is 13.7 Å². The van der Waals surface area contributed by atoms with Crippen molar-refractivity contribution in [2.24, 2.45) is 5.92 Å². The number of carbonyl (C=O) groups excluding carboxylic acids is 1.